The van der Waals surface area contributed by atoms with Gasteiger partial charge in [-0.2, -0.15) is 0 Å². The zero-order valence-electron chi connectivity index (χ0n) is 13.2. The van der Waals surface area contributed by atoms with Gasteiger partial charge in [0.15, 0.2) is 0 Å². The molecule has 7 nitrogen and oxygen atoms in total. The van der Waals surface area contributed by atoms with E-state index < -0.39 is 6.04 Å². The predicted molar refractivity (Wildman–Crippen MR) is 86.0 cm³/mol. The van der Waals surface area contributed by atoms with Crippen LogP contribution in [0, 0.1) is 0 Å². The minimum atomic E-state index is -0.619. The topological polar surface area (TPSA) is 96.5 Å². The first-order valence-corrected chi connectivity index (χ1v) is 7.56. The Kier molecular flexibility index (Phi) is 5.70. The van der Waals surface area contributed by atoms with Crippen LogP contribution in [-0.4, -0.2) is 36.5 Å². The molecular formula is C16H21N3O4. The van der Waals surface area contributed by atoms with Gasteiger partial charge in [-0.1, -0.05) is 0 Å². The Hall–Kier alpha value is -2.41. The second-order valence-corrected chi connectivity index (χ2v) is 5.48. The standard InChI is InChI=1S/C16H21N3O4/c1-10(17-11(2)20)15(21)18-12-5-7-13(8-6-12)19-16(22)14-4-3-9-23-14/h5-8,10,14H,3-4,9H2,1-2H3,(H,17,20)(H,18,21)(H,19,22)/t10-,14-/m0/s1. The Morgan fingerprint density at radius 3 is 2.26 bits per heavy atom. The Balaban J connectivity index is 1.87. The van der Waals surface area contributed by atoms with E-state index in [9.17, 15) is 14.4 Å². The highest BCUT2D eigenvalue weighted by Crippen LogP contribution is 2.17. The van der Waals surface area contributed by atoms with Crippen molar-refractivity contribution in [3.05, 3.63) is 24.3 Å². The monoisotopic (exact) mass is 319 g/mol. The van der Waals surface area contributed by atoms with E-state index in [-0.39, 0.29) is 23.8 Å². The highest BCUT2D eigenvalue weighted by Gasteiger charge is 2.23. The molecule has 23 heavy (non-hydrogen) atoms. The SMILES string of the molecule is CC(=O)N[C@@H](C)C(=O)Nc1ccc(NC(=O)[C@@H]2CCCO2)cc1. The first-order chi connectivity index (χ1) is 11.0. The second-order valence-electron chi connectivity index (χ2n) is 5.48. The van der Waals surface area contributed by atoms with Crippen molar-refractivity contribution in [3.63, 3.8) is 0 Å². The summed E-state index contributed by atoms with van der Waals surface area (Å²) in [4.78, 5) is 34.7. The Morgan fingerprint density at radius 1 is 1.13 bits per heavy atom. The van der Waals surface area contributed by atoms with Crippen LogP contribution in [-0.2, 0) is 19.1 Å². The van der Waals surface area contributed by atoms with Crippen molar-refractivity contribution in [2.24, 2.45) is 0 Å². The molecule has 0 aromatic heterocycles. The van der Waals surface area contributed by atoms with Gasteiger partial charge in [-0.25, -0.2) is 0 Å². The molecule has 7 heteroatoms. The van der Waals surface area contributed by atoms with Gasteiger partial charge in [0.1, 0.15) is 12.1 Å². The van der Waals surface area contributed by atoms with Crippen LogP contribution in [0.25, 0.3) is 0 Å². The average Bonchev–Trinajstić information content (AvgIpc) is 3.03. The fraction of sp³-hybridized carbons (Fsp3) is 0.438. The van der Waals surface area contributed by atoms with Crippen LogP contribution in [0.1, 0.15) is 26.7 Å². The van der Waals surface area contributed by atoms with E-state index in [0.717, 1.165) is 12.8 Å². The molecule has 0 saturated carbocycles. The van der Waals surface area contributed by atoms with Crippen molar-refractivity contribution in [1.29, 1.82) is 0 Å². The quantitative estimate of drug-likeness (QED) is 0.761. The van der Waals surface area contributed by atoms with E-state index in [4.69, 9.17) is 4.74 Å². The van der Waals surface area contributed by atoms with Crippen LogP contribution in [0.15, 0.2) is 24.3 Å². The number of nitrogens with one attached hydrogen (secondary N) is 3. The zero-order valence-corrected chi connectivity index (χ0v) is 13.2. The molecule has 0 unspecified atom stereocenters. The Morgan fingerprint density at radius 2 is 1.74 bits per heavy atom. The minimum absolute atomic E-state index is 0.154. The molecule has 1 saturated heterocycles. The summed E-state index contributed by atoms with van der Waals surface area (Å²) in [6, 6.07) is 6.15. The van der Waals surface area contributed by atoms with Crippen LogP contribution in [0.4, 0.5) is 11.4 Å². The molecule has 0 aliphatic carbocycles. The van der Waals surface area contributed by atoms with Crippen molar-refractivity contribution >= 4 is 29.1 Å². The first-order valence-electron chi connectivity index (χ1n) is 7.56. The van der Waals surface area contributed by atoms with Gasteiger partial charge in [0.05, 0.1) is 0 Å². The molecule has 1 aliphatic heterocycles. The smallest absolute Gasteiger partial charge is 0.253 e. The molecule has 3 N–H and O–H groups in total. The molecule has 1 aromatic rings. The fourth-order valence-electron chi connectivity index (χ4n) is 2.27. The summed E-state index contributed by atoms with van der Waals surface area (Å²) >= 11 is 0. The van der Waals surface area contributed by atoms with Gasteiger partial charge in [0, 0.05) is 24.9 Å². The summed E-state index contributed by atoms with van der Waals surface area (Å²) in [7, 11) is 0. The summed E-state index contributed by atoms with van der Waals surface area (Å²) in [6.45, 7) is 3.58. The molecule has 2 atom stereocenters. The number of amides is 3. The zero-order chi connectivity index (χ0) is 16.8. The van der Waals surface area contributed by atoms with Gasteiger partial charge in [0.25, 0.3) is 5.91 Å². The summed E-state index contributed by atoms with van der Waals surface area (Å²) < 4.78 is 5.32. The van der Waals surface area contributed by atoms with Gasteiger partial charge < -0.3 is 20.7 Å². The molecule has 1 heterocycles. The van der Waals surface area contributed by atoms with E-state index >= 15 is 0 Å². The van der Waals surface area contributed by atoms with E-state index in [0.29, 0.717) is 18.0 Å². The molecule has 1 fully saturated rings. The van der Waals surface area contributed by atoms with E-state index in [1.165, 1.54) is 6.92 Å². The van der Waals surface area contributed by atoms with Crippen molar-refractivity contribution in [2.45, 2.75) is 38.8 Å². The molecule has 1 aromatic carbocycles. The summed E-state index contributed by atoms with van der Waals surface area (Å²) in [5, 5.41) is 7.98. The number of rotatable bonds is 5. The lowest BCUT2D eigenvalue weighted by atomic mass is 10.2. The van der Waals surface area contributed by atoms with E-state index in [2.05, 4.69) is 16.0 Å². The van der Waals surface area contributed by atoms with Crippen LogP contribution in [0.3, 0.4) is 0 Å². The van der Waals surface area contributed by atoms with Crippen LogP contribution in [0.2, 0.25) is 0 Å². The van der Waals surface area contributed by atoms with Gasteiger partial charge in [0.2, 0.25) is 11.8 Å². The van der Waals surface area contributed by atoms with Crippen molar-refractivity contribution in [1.82, 2.24) is 5.32 Å². The third-order valence-electron chi connectivity index (χ3n) is 3.46. The van der Waals surface area contributed by atoms with Crippen LogP contribution < -0.4 is 16.0 Å². The maximum absolute atomic E-state index is 11.9. The third-order valence-corrected chi connectivity index (χ3v) is 3.46. The molecule has 2 rings (SSSR count). The lowest BCUT2D eigenvalue weighted by Gasteiger charge is -2.14. The number of carbonyl (C=O) groups is 3. The molecule has 124 valence electrons. The normalized spacial score (nSPS) is 18.1. The maximum atomic E-state index is 11.9. The number of hydrogen-bond donors (Lipinski definition) is 3. The first kappa shape index (κ1) is 17.0. The largest absolute Gasteiger partial charge is 0.368 e. The summed E-state index contributed by atoms with van der Waals surface area (Å²) in [5.74, 6) is -0.727. The number of carbonyl (C=O) groups excluding carboxylic acids is 3. The molecule has 3 amide bonds. The minimum Gasteiger partial charge on any atom is -0.368 e. The third kappa shape index (κ3) is 5.07. The Labute approximate surface area is 134 Å². The summed E-state index contributed by atoms with van der Waals surface area (Å²) in [6.07, 6.45) is 1.25. The average molecular weight is 319 g/mol. The van der Waals surface area contributed by atoms with Gasteiger partial charge >= 0.3 is 0 Å². The number of benzene rings is 1. The second kappa shape index (κ2) is 7.73. The molecule has 1 aliphatic rings. The predicted octanol–water partition coefficient (Wildman–Crippen LogP) is 1.27. The van der Waals surface area contributed by atoms with Crippen LogP contribution in [0.5, 0.6) is 0 Å². The highest BCUT2D eigenvalue weighted by molar-refractivity contribution is 5.97. The number of anilines is 2. The fourth-order valence-corrected chi connectivity index (χ4v) is 2.27. The van der Waals surface area contributed by atoms with E-state index in [1.54, 1.807) is 31.2 Å². The van der Waals surface area contributed by atoms with Gasteiger partial charge in [-0.3, -0.25) is 14.4 Å². The highest BCUT2D eigenvalue weighted by atomic mass is 16.5. The summed E-state index contributed by atoms with van der Waals surface area (Å²) in [5.41, 5.74) is 1.22. The van der Waals surface area contributed by atoms with Gasteiger partial charge in [-0.15, -0.1) is 0 Å². The van der Waals surface area contributed by atoms with Crippen molar-refractivity contribution in [3.8, 4) is 0 Å². The molecule has 0 radical (unpaired) electrons. The Bertz CT molecular complexity index is 579. The molecular weight excluding hydrogens is 298 g/mol. The van der Waals surface area contributed by atoms with Crippen molar-refractivity contribution < 1.29 is 19.1 Å². The van der Waals surface area contributed by atoms with Crippen LogP contribution >= 0.6 is 0 Å². The molecule has 0 bridgehead atoms. The molecule has 0 spiro atoms. The number of hydrogen-bond acceptors (Lipinski definition) is 4. The lowest BCUT2D eigenvalue weighted by Crippen LogP contribution is -2.40. The number of ether oxygens (including phenoxy) is 1. The van der Waals surface area contributed by atoms with E-state index in [1.807, 2.05) is 0 Å². The van der Waals surface area contributed by atoms with Crippen molar-refractivity contribution in [2.75, 3.05) is 17.2 Å². The maximum Gasteiger partial charge on any atom is 0.253 e. The van der Waals surface area contributed by atoms with Gasteiger partial charge in [-0.05, 0) is 44.0 Å². The lowest BCUT2D eigenvalue weighted by molar-refractivity contribution is -0.124.